The molecule has 1 heterocycles. The third kappa shape index (κ3) is 7.18. The molecule has 17 heavy (non-hydrogen) atoms. The van der Waals surface area contributed by atoms with Gasteiger partial charge < -0.3 is 14.5 Å². The number of hydrogen-bond donors (Lipinski definition) is 1. The molecule has 0 fully saturated rings. The standard InChI is InChI=1S/C14H25NO2/c1-12(16-9-7-14(2,3)4)10-15-11-13-6-5-8-17-13/h5-6,8,12,15H,7,9-11H2,1-4H3. The van der Waals surface area contributed by atoms with Crippen molar-refractivity contribution >= 4 is 0 Å². The van der Waals surface area contributed by atoms with E-state index in [1.165, 1.54) is 0 Å². The van der Waals surface area contributed by atoms with Gasteiger partial charge in [-0.1, -0.05) is 20.8 Å². The van der Waals surface area contributed by atoms with Crippen molar-refractivity contribution in [3.63, 3.8) is 0 Å². The monoisotopic (exact) mass is 239 g/mol. The van der Waals surface area contributed by atoms with Gasteiger partial charge in [0.25, 0.3) is 0 Å². The zero-order chi connectivity index (χ0) is 12.7. The van der Waals surface area contributed by atoms with Gasteiger partial charge >= 0.3 is 0 Å². The Labute approximate surface area is 105 Å². The van der Waals surface area contributed by atoms with E-state index in [4.69, 9.17) is 9.15 Å². The molecule has 0 aromatic carbocycles. The summed E-state index contributed by atoms with van der Waals surface area (Å²) in [6.07, 6.45) is 3.03. The summed E-state index contributed by atoms with van der Waals surface area (Å²) in [5.74, 6) is 0.965. The minimum atomic E-state index is 0.243. The average molecular weight is 239 g/mol. The number of furan rings is 1. The van der Waals surface area contributed by atoms with Crippen LogP contribution in [-0.4, -0.2) is 19.3 Å². The van der Waals surface area contributed by atoms with Crippen LogP contribution in [0.4, 0.5) is 0 Å². The first-order valence-corrected chi connectivity index (χ1v) is 6.32. The van der Waals surface area contributed by atoms with E-state index >= 15 is 0 Å². The van der Waals surface area contributed by atoms with Crippen LogP contribution in [0, 0.1) is 5.41 Å². The van der Waals surface area contributed by atoms with E-state index in [9.17, 15) is 0 Å². The summed E-state index contributed by atoms with van der Waals surface area (Å²) in [5.41, 5.74) is 0.349. The Hall–Kier alpha value is -0.800. The first-order valence-electron chi connectivity index (χ1n) is 6.32. The molecular formula is C14H25NO2. The molecule has 0 aliphatic heterocycles. The van der Waals surface area contributed by atoms with Crippen LogP contribution in [0.5, 0.6) is 0 Å². The Morgan fingerprint density at radius 2 is 2.18 bits per heavy atom. The van der Waals surface area contributed by atoms with Crippen LogP contribution in [0.1, 0.15) is 39.9 Å². The molecule has 0 spiro atoms. The van der Waals surface area contributed by atoms with Crippen LogP contribution in [0.3, 0.4) is 0 Å². The molecule has 1 N–H and O–H groups in total. The van der Waals surface area contributed by atoms with Crippen LogP contribution < -0.4 is 5.32 Å². The largest absolute Gasteiger partial charge is 0.468 e. The molecule has 1 atom stereocenters. The molecule has 1 aromatic heterocycles. The van der Waals surface area contributed by atoms with E-state index in [0.29, 0.717) is 5.41 Å². The topological polar surface area (TPSA) is 34.4 Å². The Morgan fingerprint density at radius 3 is 2.76 bits per heavy atom. The lowest BCUT2D eigenvalue weighted by Gasteiger charge is -2.20. The Balaban J connectivity index is 2.03. The van der Waals surface area contributed by atoms with E-state index in [0.717, 1.165) is 31.9 Å². The smallest absolute Gasteiger partial charge is 0.117 e. The van der Waals surface area contributed by atoms with Gasteiger partial charge in [-0.15, -0.1) is 0 Å². The summed E-state index contributed by atoms with van der Waals surface area (Å²) in [4.78, 5) is 0. The zero-order valence-corrected chi connectivity index (χ0v) is 11.5. The highest BCUT2D eigenvalue weighted by molar-refractivity contribution is 4.97. The van der Waals surface area contributed by atoms with E-state index in [2.05, 4.69) is 33.0 Å². The maximum absolute atomic E-state index is 5.74. The summed E-state index contributed by atoms with van der Waals surface area (Å²) in [5, 5.41) is 3.32. The highest BCUT2D eigenvalue weighted by atomic mass is 16.5. The van der Waals surface area contributed by atoms with Crippen molar-refractivity contribution in [3.05, 3.63) is 24.2 Å². The molecule has 0 radical (unpaired) electrons. The highest BCUT2D eigenvalue weighted by Gasteiger charge is 2.10. The molecule has 3 nitrogen and oxygen atoms in total. The van der Waals surface area contributed by atoms with Crippen molar-refractivity contribution in [3.8, 4) is 0 Å². The van der Waals surface area contributed by atoms with Crippen molar-refractivity contribution in [2.75, 3.05) is 13.2 Å². The fraction of sp³-hybridized carbons (Fsp3) is 0.714. The molecule has 0 saturated heterocycles. The lowest BCUT2D eigenvalue weighted by atomic mass is 9.93. The van der Waals surface area contributed by atoms with E-state index in [-0.39, 0.29) is 6.10 Å². The molecule has 0 aliphatic carbocycles. The molecule has 1 unspecified atom stereocenters. The van der Waals surface area contributed by atoms with E-state index in [1.54, 1.807) is 6.26 Å². The minimum Gasteiger partial charge on any atom is -0.468 e. The van der Waals surface area contributed by atoms with Crippen molar-refractivity contribution in [1.82, 2.24) is 5.32 Å². The number of rotatable bonds is 7. The van der Waals surface area contributed by atoms with Gasteiger partial charge in [-0.2, -0.15) is 0 Å². The fourth-order valence-electron chi connectivity index (χ4n) is 1.44. The predicted octanol–water partition coefficient (Wildman–Crippen LogP) is 3.21. The number of hydrogen-bond acceptors (Lipinski definition) is 3. The van der Waals surface area contributed by atoms with E-state index in [1.807, 2.05) is 12.1 Å². The second-order valence-electron chi connectivity index (χ2n) is 5.70. The molecular weight excluding hydrogens is 214 g/mol. The van der Waals surface area contributed by atoms with Crippen molar-refractivity contribution < 1.29 is 9.15 Å². The Bertz CT molecular complexity index is 288. The number of ether oxygens (including phenoxy) is 1. The molecule has 3 heteroatoms. The lowest BCUT2D eigenvalue weighted by Crippen LogP contribution is -2.27. The third-order valence-corrected chi connectivity index (χ3v) is 2.57. The molecule has 1 rings (SSSR count). The van der Waals surface area contributed by atoms with Gasteiger partial charge in [0, 0.05) is 13.2 Å². The van der Waals surface area contributed by atoms with Crippen molar-refractivity contribution in [1.29, 1.82) is 0 Å². The van der Waals surface area contributed by atoms with Gasteiger partial charge in [-0.25, -0.2) is 0 Å². The minimum absolute atomic E-state index is 0.243. The first-order chi connectivity index (χ1) is 7.97. The van der Waals surface area contributed by atoms with Gasteiger partial charge in [0.15, 0.2) is 0 Å². The molecule has 0 bridgehead atoms. The van der Waals surface area contributed by atoms with Gasteiger partial charge in [0.1, 0.15) is 5.76 Å². The third-order valence-electron chi connectivity index (χ3n) is 2.57. The molecule has 1 aromatic rings. The van der Waals surface area contributed by atoms with Crippen LogP contribution in [0.15, 0.2) is 22.8 Å². The van der Waals surface area contributed by atoms with Crippen molar-refractivity contribution in [2.45, 2.75) is 46.8 Å². The Morgan fingerprint density at radius 1 is 1.41 bits per heavy atom. The zero-order valence-electron chi connectivity index (χ0n) is 11.5. The molecule has 0 amide bonds. The second-order valence-corrected chi connectivity index (χ2v) is 5.70. The van der Waals surface area contributed by atoms with Crippen LogP contribution in [-0.2, 0) is 11.3 Å². The summed E-state index contributed by atoms with van der Waals surface area (Å²) >= 11 is 0. The summed E-state index contributed by atoms with van der Waals surface area (Å²) in [6, 6.07) is 3.87. The van der Waals surface area contributed by atoms with Crippen LogP contribution in [0.2, 0.25) is 0 Å². The summed E-state index contributed by atoms with van der Waals surface area (Å²) in [7, 11) is 0. The molecule has 0 saturated carbocycles. The maximum Gasteiger partial charge on any atom is 0.117 e. The molecule has 0 aliphatic rings. The predicted molar refractivity (Wildman–Crippen MR) is 69.9 cm³/mol. The number of nitrogens with one attached hydrogen (secondary N) is 1. The van der Waals surface area contributed by atoms with Crippen molar-refractivity contribution in [2.24, 2.45) is 5.41 Å². The fourth-order valence-corrected chi connectivity index (χ4v) is 1.44. The van der Waals surface area contributed by atoms with Gasteiger partial charge in [-0.3, -0.25) is 0 Å². The van der Waals surface area contributed by atoms with Gasteiger partial charge in [0.2, 0.25) is 0 Å². The highest BCUT2D eigenvalue weighted by Crippen LogP contribution is 2.18. The Kier molecular flexibility index (Phi) is 5.72. The quantitative estimate of drug-likeness (QED) is 0.793. The lowest BCUT2D eigenvalue weighted by molar-refractivity contribution is 0.0488. The second kappa shape index (κ2) is 6.82. The summed E-state index contributed by atoms with van der Waals surface area (Å²) < 4.78 is 11.0. The van der Waals surface area contributed by atoms with Crippen LogP contribution >= 0.6 is 0 Å². The van der Waals surface area contributed by atoms with Gasteiger partial charge in [0.05, 0.1) is 18.9 Å². The van der Waals surface area contributed by atoms with Crippen LogP contribution in [0.25, 0.3) is 0 Å². The average Bonchev–Trinajstić information content (AvgIpc) is 2.68. The maximum atomic E-state index is 5.74. The van der Waals surface area contributed by atoms with Gasteiger partial charge in [-0.05, 0) is 30.9 Å². The summed E-state index contributed by atoms with van der Waals surface area (Å²) in [6.45, 7) is 11.2. The SMILES string of the molecule is CC(CNCc1ccco1)OCCC(C)(C)C. The normalized spacial score (nSPS) is 13.9. The first kappa shape index (κ1) is 14.3. The van der Waals surface area contributed by atoms with E-state index < -0.39 is 0 Å². The molecule has 98 valence electrons.